The van der Waals surface area contributed by atoms with Crippen molar-refractivity contribution in [2.24, 2.45) is 52.3 Å². The van der Waals surface area contributed by atoms with Crippen molar-refractivity contribution in [2.75, 3.05) is 0 Å². The van der Waals surface area contributed by atoms with Crippen molar-refractivity contribution in [1.29, 1.82) is 0 Å². The average molecular weight is 431 g/mol. The molecule has 0 saturated heterocycles. The zero-order valence-corrected chi connectivity index (χ0v) is 21.2. The van der Waals surface area contributed by atoms with E-state index in [1.807, 2.05) is 0 Å². The summed E-state index contributed by atoms with van der Waals surface area (Å²) in [5.41, 5.74) is 1.80. The fraction of sp³-hybridized carbons (Fsp3) is 0.931. The van der Waals surface area contributed by atoms with Crippen molar-refractivity contribution < 1.29 is 10.2 Å². The van der Waals surface area contributed by atoms with Crippen molar-refractivity contribution in [3.8, 4) is 0 Å². The molecule has 0 spiro atoms. The molecule has 4 rings (SSSR count). The lowest BCUT2D eigenvalue weighted by Crippen LogP contribution is -2.53. The van der Waals surface area contributed by atoms with Gasteiger partial charge in [0.15, 0.2) is 0 Å². The topological polar surface area (TPSA) is 40.5 Å². The Morgan fingerprint density at radius 2 is 1.71 bits per heavy atom. The third kappa shape index (κ3) is 3.86. The molecule has 2 nitrogen and oxygen atoms in total. The molecular weight excluding hydrogens is 380 g/mol. The van der Waals surface area contributed by atoms with Gasteiger partial charge in [0.25, 0.3) is 0 Å². The average Bonchev–Trinajstić information content (AvgIpc) is 3.08. The van der Waals surface area contributed by atoms with E-state index in [2.05, 4.69) is 47.6 Å². The summed E-state index contributed by atoms with van der Waals surface area (Å²) in [6, 6.07) is 0. The number of aliphatic hydroxyl groups excluding tert-OH is 2. The molecule has 2 N–H and O–H groups in total. The van der Waals surface area contributed by atoms with Crippen LogP contribution >= 0.6 is 0 Å². The second-order valence-corrected chi connectivity index (χ2v) is 12.9. The molecule has 31 heavy (non-hydrogen) atoms. The molecule has 0 heterocycles. The Morgan fingerprint density at radius 3 is 2.39 bits per heavy atom. The van der Waals surface area contributed by atoms with Crippen molar-refractivity contribution >= 4 is 0 Å². The number of rotatable bonds is 6. The number of hydrogen-bond acceptors (Lipinski definition) is 2. The highest BCUT2D eigenvalue weighted by molar-refractivity contribution is 5.29. The molecule has 4 aliphatic rings. The van der Waals surface area contributed by atoms with Crippen molar-refractivity contribution in [2.45, 2.75) is 118 Å². The van der Waals surface area contributed by atoms with Gasteiger partial charge in [-0.25, -0.2) is 0 Å². The van der Waals surface area contributed by atoms with Crippen molar-refractivity contribution in [3.63, 3.8) is 0 Å². The lowest BCUT2D eigenvalue weighted by Gasteiger charge is -2.59. The van der Waals surface area contributed by atoms with Gasteiger partial charge in [0.2, 0.25) is 0 Å². The van der Waals surface area contributed by atoms with Crippen molar-refractivity contribution in [3.05, 3.63) is 11.6 Å². The second-order valence-electron chi connectivity index (χ2n) is 12.9. The Morgan fingerprint density at radius 1 is 0.968 bits per heavy atom. The van der Waals surface area contributed by atoms with Gasteiger partial charge in [-0.05, 0) is 109 Å². The van der Waals surface area contributed by atoms with Gasteiger partial charge in [-0.3, -0.25) is 0 Å². The Kier molecular flexibility index (Phi) is 6.75. The molecule has 178 valence electrons. The summed E-state index contributed by atoms with van der Waals surface area (Å²) in [5, 5.41) is 21.0. The number of aliphatic hydroxyl groups is 2. The molecule has 4 aliphatic carbocycles. The highest BCUT2D eigenvalue weighted by atomic mass is 16.3. The van der Waals surface area contributed by atoms with Gasteiger partial charge < -0.3 is 10.2 Å². The molecule has 10 atom stereocenters. The highest BCUT2D eigenvalue weighted by Gasteiger charge is 2.60. The van der Waals surface area contributed by atoms with E-state index in [1.54, 1.807) is 0 Å². The molecular formula is C29H50O2. The van der Waals surface area contributed by atoms with Crippen LogP contribution < -0.4 is 0 Å². The maximum Gasteiger partial charge on any atom is 0.101 e. The fourth-order valence-electron chi connectivity index (χ4n) is 9.38. The van der Waals surface area contributed by atoms with Crippen LogP contribution in [0.5, 0.6) is 0 Å². The molecule has 3 fully saturated rings. The van der Waals surface area contributed by atoms with Gasteiger partial charge in [0.1, 0.15) is 6.10 Å². The summed E-state index contributed by atoms with van der Waals surface area (Å²) in [6.07, 6.45) is 13.8. The molecule has 0 amide bonds. The molecule has 0 unspecified atom stereocenters. The van der Waals surface area contributed by atoms with Crippen LogP contribution in [0.2, 0.25) is 0 Å². The third-order valence-electron chi connectivity index (χ3n) is 11.4. The van der Waals surface area contributed by atoms with E-state index >= 15 is 0 Å². The summed E-state index contributed by atoms with van der Waals surface area (Å²) in [4.78, 5) is 0. The molecule has 0 aromatic carbocycles. The van der Waals surface area contributed by atoms with Crippen LogP contribution in [0.25, 0.3) is 0 Å². The van der Waals surface area contributed by atoms with Crippen LogP contribution in [0.15, 0.2) is 11.6 Å². The normalized spacial score (nSPS) is 46.7. The monoisotopic (exact) mass is 430 g/mol. The van der Waals surface area contributed by atoms with Crippen LogP contribution in [0.1, 0.15) is 106 Å². The Balaban J connectivity index is 1.49. The molecule has 0 aromatic heterocycles. The quantitative estimate of drug-likeness (QED) is 0.446. The van der Waals surface area contributed by atoms with Crippen molar-refractivity contribution in [1.82, 2.24) is 0 Å². The van der Waals surface area contributed by atoms with Gasteiger partial charge in [0, 0.05) is 0 Å². The summed E-state index contributed by atoms with van der Waals surface area (Å²) >= 11 is 0. The molecule has 0 bridgehead atoms. The van der Waals surface area contributed by atoms with Gasteiger partial charge >= 0.3 is 0 Å². The number of fused-ring (bicyclic) bond motifs is 5. The van der Waals surface area contributed by atoms with E-state index in [4.69, 9.17) is 0 Å². The number of allylic oxidation sites excluding steroid dienone is 1. The van der Waals surface area contributed by atoms with Gasteiger partial charge in [-0.2, -0.15) is 0 Å². The van der Waals surface area contributed by atoms with E-state index in [9.17, 15) is 10.2 Å². The molecule has 0 aliphatic heterocycles. The van der Waals surface area contributed by atoms with Crippen LogP contribution in [-0.2, 0) is 0 Å². The van der Waals surface area contributed by atoms with Crippen LogP contribution in [0.4, 0.5) is 0 Å². The van der Waals surface area contributed by atoms with Gasteiger partial charge in [0.05, 0.1) is 6.10 Å². The summed E-state index contributed by atoms with van der Waals surface area (Å²) in [5.74, 6) is 5.77. The molecule has 2 heteroatoms. The van der Waals surface area contributed by atoms with Gasteiger partial charge in [-0.1, -0.05) is 60.5 Å². The maximum atomic E-state index is 10.7. The predicted octanol–water partition coefficient (Wildman–Crippen LogP) is 7.00. The standard InChI is InChI=1S/C29H50O2/c1-7-20(18(2)3)9-8-19(4)22-12-13-23-21-10-11-25-27(31)26(30)15-17-29(25,6)24(21)14-16-28(22,23)5/h11,18-24,26-27,30-31H,7-10,12-17H2,1-6H3/t19-,20-,21+,22-,23-,24+,26+,27-,28-,29-/m1/s1. The Labute approximate surface area is 192 Å². The van der Waals surface area contributed by atoms with Crippen LogP contribution in [0, 0.1) is 52.3 Å². The zero-order chi connectivity index (χ0) is 22.6. The minimum Gasteiger partial charge on any atom is -0.390 e. The minimum atomic E-state index is -0.628. The first-order valence-corrected chi connectivity index (χ1v) is 13.7. The fourth-order valence-corrected chi connectivity index (χ4v) is 9.38. The highest BCUT2D eigenvalue weighted by Crippen LogP contribution is 2.67. The second kappa shape index (κ2) is 8.79. The smallest absolute Gasteiger partial charge is 0.101 e. The Hall–Kier alpha value is -0.340. The van der Waals surface area contributed by atoms with Crippen LogP contribution in [0.3, 0.4) is 0 Å². The lowest BCUT2D eigenvalue weighted by atomic mass is 9.46. The van der Waals surface area contributed by atoms with E-state index in [1.165, 1.54) is 50.5 Å². The van der Waals surface area contributed by atoms with E-state index in [0.29, 0.717) is 11.3 Å². The minimum absolute atomic E-state index is 0.109. The van der Waals surface area contributed by atoms with E-state index in [-0.39, 0.29) is 5.41 Å². The SMILES string of the molecule is CC[C@H](CC[C@@H](C)[C@H]1CC[C@@H]2[C@@H]3CC=C4[C@@H](O)[C@@H](O)CC[C@]4(C)[C@H]3CC[C@@]21C)C(C)C. The first-order chi connectivity index (χ1) is 14.6. The molecule has 0 radical (unpaired) electrons. The first kappa shape index (κ1) is 23.8. The van der Waals surface area contributed by atoms with Crippen LogP contribution in [-0.4, -0.2) is 22.4 Å². The predicted molar refractivity (Wildman–Crippen MR) is 130 cm³/mol. The molecule has 3 saturated carbocycles. The third-order valence-corrected chi connectivity index (χ3v) is 11.4. The zero-order valence-electron chi connectivity index (χ0n) is 21.2. The largest absolute Gasteiger partial charge is 0.390 e. The van der Waals surface area contributed by atoms with E-state index in [0.717, 1.165) is 54.8 Å². The van der Waals surface area contributed by atoms with Gasteiger partial charge in [-0.15, -0.1) is 0 Å². The summed E-state index contributed by atoms with van der Waals surface area (Å²) < 4.78 is 0. The number of hydrogen-bond donors (Lipinski definition) is 2. The first-order valence-electron chi connectivity index (χ1n) is 13.7. The summed E-state index contributed by atoms with van der Waals surface area (Å²) in [6.45, 7) is 14.8. The molecule has 0 aromatic rings. The summed E-state index contributed by atoms with van der Waals surface area (Å²) in [7, 11) is 0. The lowest BCUT2D eigenvalue weighted by molar-refractivity contribution is -0.0802. The Bertz CT molecular complexity index is 668. The van der Waals surface area contributed by atoms with E-state index < -0.39 is 12.2 Å². The maximum absolute atomic E-state index is 10.7.